The maximum Gasteiger partial charge on any atom is 0.0365 e. The van der Waals surface area contributed by atoms with Gasteiger partial charge in [-0.2, -0.15) is 0 Å². The van der Waals surface area contributed by atoms with Gasteiger partial charge in [0.05, 0.1) is 0 Å². The molecule has 0 saturated carbocycles. The van der Waals surface area contributed by atoms with Crippen molar-refractivity contribution in [2.45, 2.75) is 19.4 Å². The molecule has 84 valence electrons. The smallest absolute Gasteiger partial charge is 0.0365 e. The highest BCUT2D eigenvalue weighted by Gasteiger charge is 2.17. The van der Waals surface area contributed by atoms with E-state index in [1.165, 1.54) is 5.69 Å². The van der Waals surface area contributed by atoms with E-state index in [0.717, 1.165) is 11.0 Å². The van der Waals surface area contributed by atoms with E-state index in [-0.39, 0.29) is 5.54 Å². The molecule has 0 aliphatic rings. The second-order valence-electron chi connectivity index (χ2n) is 4.47. The van der Waals surface area contributed by atoms with Gasteiger partial charge in [0.15, 0.2) is 0 Å². The third kappa shape index (κ3) is 3.84. The highest BCUT2D eigenvalue weighted by Crippen LogP contribution is 2.18. The van der Waals surface area contributed by atoms with Gasteiger partial charge in [-0.1, -0.05) is 15.9 Å². The summed E-state index contributed by atoms with van der Waals surface area (Å²) >= 11 is 3.44. The van der Waals surface area contributed by atoms with Gasteiger partial charge in [-0.3, -0.25) is 0 Å². The normalized spacial score (nSPS) is 11.5. The molecule has 3 heteroatoms. The van der Waals surface area contributed by atoms with Crippen molar-refractivity contribution in [3.8, 4) is 0 Å². The number of nitrogens with one attached hydrogen (secondary N) is 1. The van der Waals surface area contributed by atoms with Crippen LogP contribution in [0.5, 0.6) is 0 Å². The fourth-order valence-electron chi connectivity index (χ4n) is 1.46. The summed E-state index contributed by atoms with van der Waals surface area (Å²) in [5.74, 6) is 0. The predicted octanol–water partition coefficient (Wildman–Crippen LogP) is 2.88. The first-order valence-corrected chi connectivity index (χ1v) is 5.89. The van der Waals surface area contributed by atoms with Gasteiger partial charge in [0, 0.05) is 29.3 Å². The Hall–Kier alpha value is -0.540. The molecule has 0 atom stereocenters. The molecule has 0 heterocycles. The van der Waals surface area contributed by atoms with Gasteiger partial charge in [0.25, 0.3) is 0 Å². The van der Waals surface area contributed by atoms with E-state index < -0.39 is 0 Å². The molecule has 0 radical (unpaired) electrons. The Bertz CT molecular complexity index is 306. The number of benzene rings is 1. The monoisotopic (exact) mass is 270 g/mol. The second kappa shape index (κ2) is 4.99. The van der Waals surface area contributed by atoms with Crippen LogP contribution in [0, 0.1) is 0 Å². The lowest BCUT2D eigenvalue weighted by molar-refractivity contribution is 0.428. The van der Waals surface area contributed by atoms with Crippen LogP contribution in [0.25, 0.3) is 0 Å². The molecule has 0 spiro atoms. The second-order valence-corrected chi connectivity index (χ2v) is 5.38. The van der Waals surface area contributed by atoms with Crippen LogP contribution in [-0.2, 0) is 0 Å². The summed E-state index contributed by atoms with van der Waals surface area (Å²) in [4.78, 5) is 2.25. The lowest BCUT2D eigenvalue weighted by atomic mass is 10.1. The quantitative estimate of drug-likeness (QED) is 0.905. The van der Waals surface area contributed by atoms with E-state index in [9.17, 15) is 0 Å². The van der Waals surface area contributed by atoms with Crippen molar-refractivity contribution in [3.63, 3.8) is 0 Å². The molecule has 1 rings (SSSR count). The van der Waals surface area contributed by atoms with Crippen LogP contribution in [-0.4, -0.2) is 26.2 Å². The number of hydrogen-bond acceptors (Lipinski definition) is 2. The summed E-state index contributed by atoms with van der Waals surface area (Å²) in [5.41, 5.74) is 1.36. The fourth-order valence-corrected chi connectivity index (χ4v) is 1.72. The summed E-state index contributed by atoms with van der Waals surface area (Å²) in [7, 11) is 4.11. The molecule has 0 amide bonds. The Morgan fingerprint density at radius 1 is 1.27 bits per heavy atom. The largest absolute Gasteiger partial charge is 0.373 e. The maximum atomic E-state index is 3.44. The Labute approximate surface area is 101 Å². The molecule has 0 aliphatic carbocycles. The molecule has 1 N–H and O–H groups in total. The van der Waals surface area contributed by atoms with Gasteiger partial charge < -0.3 is 10.2 Å². The molecule has 0 bridgehead atoms. The van der Waals surface area contributed by atoms with Gasteiger partial charge in [-0.05, 0) is 45.2 Å². The highest BCUT2D eigenvalue weighted by atomic mass is 79.9. The minimum Gasteiger partial charge on any atom is -0.373 e. The van der Waals surface area contributed by atoms with Crippen LogP contribution >= 0.6 is 15.9 Å². The standard InChI is InChI=1S/C12H19BrN2/c1-12(2,14-3)9-15(4)11-7-5-10(13)6-8-11/h5-8,14H,9H2,1-4H3. The average Bonchev–Trinajstić information content (AvgIpc) is 2.18. The maximum absolute atomic E-state index is 3.44. The van der Waals surface area contributed by atoms with Crippen molar-refractivity contribution < 1.29 is 0 Å². The first-order chi connectivity index (χ1) is 6.94. The fraction of sp³-hybridized carbons (Fsp3) is 0.500. The van der Waals surface area contributed by atoms with Crippen LogP contribution in [0.2, 0.25) is 0 Å². The van der Waals surface area contributed by atoms with Crippen molar-refractivity contribution in [1.82, 2.24) is 5.32 Å². The van der Waals surface area contributed by atoms with Gasteiger partial charge >= 0.3 is 0 Å². The average molecular weight is 271 g/mol. The van der Waals surface area contributed by atoms with Gasteiger partial charge in [0.1, 0.15) is 0 Å². The Morgan fingerprint density at radius 2 is 1.80 bits per heavy atom. The number of rotatable bonds is 4. The zero-order chi connectivity index (χ0) is 11.5. The number of likely N-dealkylation sites (N-methyl/N-ethyl adjacent to an activating group) is 2. The topological polar surface area (TPSA) is 15.3 Å². The van der Waals surface area contributed by atoms with E-state index in [1.807, 2.05) is 7.05 Å². The van der Waals surface area contributed by atoms with Crippen molar-refractivity contribution in [1.29, 1.82) is 0 Å². The van der Waals surface area contributed by atoms with Gasteiger partial charge in [0.2, 0.25) is 0 Å². The molecule has 1 aromatic carbocycles. The summed E-state index contributed by atoms with van der Waals surface area (Å²) < 4.78 is 1.12. The van der Waals surface area contributed by atoms with E-state index in [0.29, 0.717) is 0 Å². The molecule has 0 saturated heterocycles. The van der Waals surface area contributed by atoms with Gasteiger partial charge in [-0.25, -0.2) is 0 Å². The molecular weight excluding hydrogens is 252 g/mol. The van der Waals surface area contributed by atoms with E-state index in [4.69, 9.17) is 0 Å². The minimum atomic E-state index is 0.127. The molecule has 0 aliphatic heterocycles. The zero-order valence-corrected chi connectivity index (χ0v) is 11.4. The van der Waals surface area contributed by atoms with Crippen LogP contribution < -0.4 is 10.2 Å². The number of hydrogen-bond donors (Lipinski definition) is 1. The lowest BCUT2D eigenvalue weighted by Crippen LogP contribution is -2.46. The lowest BCUT2D eigenvalue weighted by Gasteiger charge is -2.31. The zero-order valence-electron chi connectivity index (χ0n) is 9.84. The molecule has 0 unspecified atom stereocenters. The third-order valence-electron chi connectivity index (χ3n) is 2.58. The van der Waals surface area contributed by atoms with Crippen LogP contribution in [0.3, 0.4) is 0 Å². The minimum absolute atomic E-state index is 0.127. The van der Waals surface area contributed by atoms with Crippen molar-refractivity contribution in [2.75, 3.05) is 25.5 Å². The Kier molecular flexibility index (Phi) is 4.17. The predicted molar refractivity (Wildman–Crippen MR) is 70.6 cm³/mol. The van der Waals surface area contributed by atoms with E-state index in [1.54, 1.807) is 0 Å². The highest BCUT2D eigenvalue weighted by molar-refractivity contribution is 9.10. The molecule has 2 nitrogen and oxygen atoms in total. The summed E-state index contributed by atoms with van der Waals surface area (Å²) in [6.07, 6.45) is 0. The van der Waals surface area contributed by atoms with Crippen molar-refractivity contribution in [3.05, 3.63) is 28.7 Å². The van der Waals surface area contributed by atoms with Crippen molar-refractivity contribution in [2.24, 2.45) is 0 Å². The molecule has 0 aromatic heterocycles. The summed E-state index contributed by atoms with van der Waals surface area (Å²) in [6, 6.07) is 8.38. The van der Waals surface area contributed by atoms with E-state index >= 15 is 0 Å². The third-order valence-corrected chi connectivity index (χ3v) is 3.11. The summed E-state index contributed by atoms with van der Waals surface area (Å²) in [6.45, 7) is 5.37. The number of halogens is 1. The Morgan fingerprint density at radius 3 is 2.27 bits per heavy atom. The summed E-state index contributed by atoms with van der Waals surface area (Å²) in [5, 5.41) is 3.30. The molecule has 15 heavy (non-hydrogen) atoms. The molecule has 0 fully saturated rings. The SMILES string of the molecule is CNC(C)(C)CN(C)c1ccc(Br)cc1. The van der Waals surface area contributed by atoms with Crippen molar-refractivity contribution >= 4 is 21.6 Å². The van der Waals surface area contributed by atoms with Crippen LogP contribution in [0.4, 0.5) is 5.69 Å². The van der Waals surface area contributed by atoms with Gasteiger partial charge in [-0.15, -0.1) is 0 Å². The van der Waals surface area contributed by atoms with E-state index in [2.05, 4.69) is 71.3 Å². The first-order valence-electron chi connectivity index (χ1n) is 5.10. The number of nitrogens with zero attached hydrogens (tertiary/aromatic N) is 1. The molecular formula is C12H19BrN2. The number of anilines is 1. The first kappa shape index (κ1) is 12.5. The Balaban J connectivity index is 2.69. The van der Waals surface area contributed by atoms with Crippen LogP contribution in [0.1, 0.15) is 13.8 Å². The molecule has 1 aromatic rings. The van der Waals surface area contributed by atoms with Crippen LogP contribution in [0.15, 0.2) is 28.7 Å².